The van der Waals surface area contributed by atoms with Crippen LogP contribution in [0.4, 0.5) is 0 Å². The Hall–Kier alpha value is -1.84. The Balaban J connectivity index is 2.21. The van der Waals surface area contributed by atoms with Crippen molar-refractivity contribution in [1.29, 1.82) is 0 Å². The molecule has 1 atom stereocenters. The molecule has 3 rings (SSSR count). The van der Waals surface area contributed by atoms with Crippen LogP contribution in [-0.2, 0) is 26.5 Å². The third-order valence-corrected chi connectivity index (χ3v) is 3.72. The van der Waals surface area contributed by atoms with E-state index in [-0.39, 0.29) is 0 Å². The summed E-state index contributed by atoms with van der Waals surface area (Å²) in [5.41, 5.74) is 2.39. The average Bonchev–Trinajstić information content (AvgIpc) is 2.51. The van der Waals surface area contributed by atoms with Gasteiger partial charge in [-0.3, -0.25) is 9.69 Å². The summed E-state index contributed by atoms with van der Waals surface area (Å²) in [7, 11) is 0. The molecule has 0 spiro atoms. The first-order chi connectivity index (χ1) is 8.04. The third-order valence-electron chi connectivity index (χ3n) is 3.72. The third kappa shape index (κ3) is 1.18. The molecule has 0 aromatic heterocycles. The number of benzene rings is 1. The number of aryl methyl sites for hydroxylation is 1. The van der Waals surface area contributed by atoms with Gasteiger partial charge < -0.3 is 4.74 Å². The van der Waals surface area contributed by atoms with Gasteiger partial charge in [-0.2, -0.15) is 0 Å². The van der Waals surface area contributed by atoms with Crippen LogP contribution in [0.2, 0.25) is 0 Å². The molecule has 2 aliphatic heterocycles. The van der Waals surface area contributed by atoms with Crippen molar-refractivity contribution in [2.75, 3.05) is 6.54 Å². The Bertz CT molecular complexity index is 537. The van der Waals surface area contributed by atoms with Crippen molar-refractivity contribution in [2.24, 2.45) is 0 Å². The van der Waals surface area contributed by atoms with Crippen LogP contribution in [0.1, 0.15) is 23.6 Å². The fourth-order valence-corrected chi connectivity index (χ4v) is 2.79. The van der Waals surface area contributed by atoms with Crippen molar-refractivity contribution in [2.45, 2.75) is 26.0 Å². The molecule has 0 radical (unpaired) electrons. The maximum atomic E-state index is 11.7. The van der Waals surface area contributed by atoms with Crippen molar-refractivity contribution >= 4 is 11.9 Å². The Kier molecular flexibility index (Phi) is 1.88. The first kappa shape index (κ1) is 10.3. The molecule has 0 saturated carbocycles. The molecule has 88 valence electrons. The molecule has 4 heteroatoms. The monoisotopic (exact) mass is 231 g/mol. The molecule has 2 heterocycles. The highest BCUT2D eigenvalue weighted by Crippen LogP contribution is 2.41. The molecule has 1 unspecified atom stereocenters. The van der Waals surface area contributed by atoms with Gasteiger partial charge in [0, 0.05) is 12.1 Å². The quantitative estimate of drug-likeness (QED) is 0.496. The fourth-order valence-electron chi connectivity index (χ4n) is 2.79. The fraction of sp³-hybridized carbons (Fsp3) is 0.385. The number of hydrogen-bond donors (Lipinski definition) is 0. The zero-order chi connectivity index (χ0) is 12.2. The van der Waals surface area contributed by atoms with Crippen LogP contribution in [0.25, 0.3) is 0 Å². The topological polar surface area (TPSA) is 46.6 Å². The molecule has 0 N–H and O–H groups in total. The number of esters is 1. The normalized spacial score (nSPS) is 26.6. The maximum Gasteiger partial charge on any atom is 0.399 e. The van der Waals surface area contributed by atoms with Gasteiger partial charge in [0.2, 0.25) is 5.72 Å². The smallest absolute Gasteiger partial charge is 0.399 e. The molecule has 17 heavy (non-hydrogen) atoms. The summed E-state index contributed by atoms with van der Waals surface area (Å²) in [5, 5.41) is 0. The molecular weight excluding hydrogens is 218 g/mol. The van der Waals surface area contributed by atoms with Gasteiger partial charge in [-0.1, -0.05) is 18.2 Å². The predicted octanol–water partition coefficient (Wildman–Crippen LogP) is 1.11. The standard InChI is InChI=1S/C13H13NO3/c1-8-4-3-5-10-9(8)6-7-14-11(15)12(16)17-13(10,14)2/h3-5H,6-7H2,1-2H3. The van der Waals surface area contributed by atoms with E-state index in [1.165, 1.54) is 16.0 Å². The number of carbonyl (C=O) groups excluding carboxylic acids is 2. The van der Waals surface area contributed by atoms with E-state index < -0.39 is 17.6 Å². The van der Waals surface area contributed by atoms with Crippen LogP contribution in [0.3, 0.4) is 0 Å². The molecule has 1 aromatic rings. The number of fused-ring (bicyclic) bond motifs is 3. The Morgan fingerprint density at radius 1 is 1.35 bits per heavy atom. The van der Waals surface area contributed by atoms with E-state index in [9.17, 15) is 9.59 Å². The van der Waals surface area contributed by atoms with Crippen molar-refractivity contribution in [3.05, 3.63) is 34.9 Å². The molecule has 1 fully saturated rings. The van der Waals surface area contributed by atoms with Crippen LogP contribution in [0.5, 0.6) is 0 Å². The summed E-state index contributed by atoms with van der Waals surface area (Å²) in [6.07, 6.45) is 0.778. The number of nitrogens with zero attached hydrogens (tertiary/aromatic N) is 1. The van der Waals surface area contributed by atoms with E-state index in [4.69, 9.17) is 4.74 Å². The van der Waals surface area contributed by atoms with Crippen LogP contribution in [0.15, 0.2) is 18.2 Å². The SMILES string of the molecule is Cc1cccc2c1CCN1C(=O)C(=O)OC21C. The summed E-state index contributed by atoms with van der Waals surface area (Å²) in [5.74, 6) is -1.28. The molecule has 0 aliphatic carbocycles. The predicted molar refractivity (Wildman–Crippen MR) is 60.0 cm³/mol. The highest BCUT2D eigenvalue weighted by atomic mass is 16.6. The van der Waals surface area contributed by atoms with E-state index in [1.807, 2.05) is 25.1 Å². The lowest BCUT2D eigenvalue weighted by Crippen LogP contribution is -2.47. The first-order valence-corrected chi connectivity index (χ1v) is 5.68. The summed E-state index contributed by atoms with van der Waals surface area (Å²) in [6.45, 7) is 4.36. The first-order valence-electron chi connectivity index (χ1n) is 5.68. The number of ether oxygens (including phenoxy) is 1. The maximum absolute atomic E-state index is 11.7. The molecule has 1 saturated heterocycles. The lowest BCUT2D eigenvalue weighted by atomic mass is 9.88. The Morgan fingerprint density at radius 2 is 2.12 bits per heavy atom. The van der Waals surface area contributed by atoms with E-state index in [0.717, 1.165) is 12.0 Å². The van der Waals surface area contributed by atoms with Gasteiger partial charge in [-0.25, -0.2) is 4.79 Å². The minimum Gasteiger partial charge on any atom is -0.428 e. The molecular formula is C13H13NO3. The van der Waals surface area contributed by atoms with Crippen LogP contribution < -0.4 is 0 Å². The van der Waals surface area contributed by atoms with Crippen LogP contribution in [0, 0.1) is 6.92 Å². The Labute approximate surface area is 99.2 Å². The number of rotatable bonds is 0. The van der Waals surface area contributed by atoms with Crippen LogP contribution >= 0.6 is 0 Å². The molecule has 0 bridgehead atoms. The van der Waals surface area contributed by atoms with Gasteiger partial charge in [0.05, 0.1) is 0 Å². The van der Waals surface area contributed by atoms with Crippen molar-refractivity contribution < 1.29 is 14.3 Å². The van der Waals surface area contributed by atoms with E-state index >= 15 is 0 Å². The Morgan fingerprint density at radius 3 is 2.88 bits per heavy atom. The molecule has 2 aliphatic rings. The summed E-state index contributed by atoms with van der Waals surface area (Å²) >= 11 is 0. The van der Waals surface area contributed by atoms with E-state index in [0.29, 0.717) is 6.54 Å². The second-order valence-corrected chi connectivity index (χ2v) is 4.68. The van der Waals surface area contributed by atoms with E-state index in [2.05, 4.69) is 0 Å². The number of carbonyl (C=O) groups is 2. The van der Waals surface area contributed by atoms with Crippen molar-refractivity contribution in [1.82, 2.24) is 4.90 Å². The van der Waals surface area contributed by atoms with Crippen molar-refractivity contribution in [3.8, 4) is 0 Å². The minimum absolute atomic E-state index is 0.528. The van der Waals surface area contributed by atoms with Gasteiger partial charge >= 0.3 is 11.9 Å². The summed E-state index contributed by atoms with van der Waals surface area (Å²) in [6, 6.07) is 5.90. The van der Waals surface area contributed by atoms with Gasteiger partial charge in [-0.05, 0) is 31.4 Å². The number of amides is 1. The van der Waals surface area contributed by atoms with E-state index in [1.54, 1.807) is 6.92 Å². The zero-order valence-corrected chi connectivity index (χ0v) is 9.82. The van der Waals surface area contributed by atoms with Gasteiger partial charge in [0.15, 0.2) is 0 Å². The highest BCUT2D eigenvalue weighted by molar-refractivity contribution is 6.34. The van der Waals surface area contributed by atoms with Gasteiger partial charge in [0.25, 0.3) is 0 Å². The summed E-state index contributed by atoms with van der Waals surface area (Å²) < 4.78 is 5.28. The van der Waals surface area contributed by atoms with Crippen molar-refractivity contribution in [3.63, 3.8) is 0 Å². The van der Waals surface area contributed by atoms with Crippen LogP contribution in [-0.4, -0.2) is 23.3 Å². The largest absolute Gasteiger partial charge is 0.428 e. The molecule has 1 amide bonds. The summed E-state index contributed by atoms with van der Waals surface area (Å²) in [4.78, 5) is 24.6. The van der Waals surface area contributed by atoms with Gasteiger partial charge in [-0.15, -0.1) is 0 Å². The minimum atomic E-state index is -0.909. The highest BCUT2D eigenvalue weighted by Gasteiger charge is 2.53. The number of hydrogen-bond acceptors (Lipinski definition) is 3. The lowest BCUT2D eigenvalue weighted by Gasteiger charge is -2.38. The molecule has 1 aromatic carbocycles. The zero-order valence-electron chi connectivity index (χ0n) is 9.82. The van der Waals surface area contributed by atoms with Gasteiger partial charge in [0.1, 0.15) is 0 Å². The molecule has 4 nitrogen and oxygen atoms in total. The second kappa shape index (κ2) is 3.09. The second-order valence-electron chi connectivity index (χ2n) is 4.68. The average molecular weight is 231 g/mol. The lowest BCUT2D eigenvalue weighted by molar-refractivity contribution is -0.154.